The average Bonchev–Trinajstić information content (AvgIpc) is 2.54. The molecule has 1 fully saturated rings. The summed E-state index contributed by atoms with van der Waals surface area (Å²) in [6.45, 7) is 6.38. The molecule has 0 aliphatic carbocycles. The normalized spacial score (nSPS) is 16.3. The first-order valence-electron chi connectivity index (χ1n) is 8.02. The first kappa shape index (κ1) is 17.3. The molecule has 2 amide bonds. The van der Waals surface area contributed by atoms with Gasteiger partial charge in [0, 0.05) is 30.7 Å². The Morgan fingerprint density at radius 3 is 2.39 bits per heavy atom. The van der Waals surface area contributed by atoms with E-state index in [1.807, 2.05) is 0 Å². The SMILES string of the molecule is CC(C)N1CCC(NC(=O)COc2ccc(C(N)=O)cc2)CC1. The molecule has 0 bridgehead atoms. The number of carbonyl (C=O) groups is 2. The number of hydrogen-bond donors (Lipinski definition) is 2. The molecule has 0 atom stereocenters. The molecule has 1 aliphatic rings. The number of rotatable bonds is 6. The molecule has 0 radical (unpaired) electrons. The second-order valence-electron chi connectivity index (χ2n) is 6.15. The van der Waals surface area contributed by atoms with Crippen molar-refractivity contribution in [2.24, 2.45) is 5.73 Å². The second kappa shape index (κ2) is 7.97. The number of ether oxygens (including phenoxy) is 1. The molecule has 6 nitrogen and oxygen atoms in total. The molecular weight excluding hydrogens is 294 g/mol. The second-order valence-corrected chi connectivity index (χ2v) is 6.15. The van der Waals surface area contributed by atoms with E-state index in [-0.39, 0.29) is 18.6 Å². The van der Waals surface area contributed by atoms with Crippen molar-refractivity contribution in [1.29, 1.82) is 0 Å². The lowest BCUT2D eigenvalue weighted by Gasteiger charge is -2.34. The van der Waals surface area contributed by atoms with Crippen LogP contribution in [0.2, 0.25) is 0 Å². The van der Waals surface area contributed by atoms with Crippen molar-refractivity contribution in [3.63, 3.8) is 0 Å². The molecule has 2 rings (SSSR count). The van der Waals surface area contributed by atoms with Gasteiger partial charge in [-0.25, -0.2) is 0 Å². The van der Waals surface area contributed by atoms with E-state index < -0.39 is 5.91 Å². The third-order valence-electron chi connectivity index (χ3n) is 4.13. The van der Waals surface area contributed by atoms with Gasteiger partial charge in [-0.2, -0.15) is 0 Å². The maximum Gasteiger partial charge on any atom is 0.258 e. The van der Waals surface area contributed by atoms with Gasteiger partial charge in [0.1, 0.15) is 5.75 Å². The standard InChI is InChI=1S/C17H25N3O3/c1-12(2)20-9-7-14(8-10-20)19-16(21)11-23-15-5-3-13(4-6-15)17(18)22/h3-6,12,14H,7-11H2,1-2H3,(H2,18,22)(H,19,21). The summed E-state index contributed by atoms with van der Waals surface area (Å²) in [6, 6.07) is 7.20. The highest BCUT2D eigenvalue weighted by Crippen LogP contribution is 2.14. The number of primary amides is 1. The number of nitrogens with two attached hydrogens (primary N) is 1. The summed E-state index contributed by atoms with van der Waals surface area (Å²) in [7, 11) is 0. The van der Waals surface area contributed by atoms with Crippen LogP contribution >= 0.6 is 0 Å². The van der Waals surface area contributed by atoms with Gasteiger partial charge in [0.25, 0.3) is 5.91 Å². The van der Waals surface area contributed by atoms with Gasteiger partial charge in [0.2, 0.25) is 5.91 Å². The molecule has 1 aromatic carbocycles. The van der Waals surface area contributed by atoms with Gasteiger partial charge < -0.3 is 20.7 Å². The Morgan fingerprint density at radius 2 is 1.87 bits per heavy atom. The van der Waals surface area contributed by atoms with Gasteiger partial charge >= 0.3 is 0 Å². The van der Waals surface area contributed by atoms with Crippen LogP contribution in [0.5, 0.6) is 5.75 Å². The number of carbonyl (C=O) groups excluding carboxylic acids is 2. The Kier molecular flexibility index (Phi) is 5.98. The molecule has 126 valence electrons. The van der Waals surface area contributed by atoms with Crippen molar-refractivity contribution in [3.05, 3.63) is 29.8 Å². The van der Waals surface area contributed by atoms with Crippen LogP contribution < -0.4 is 15.8 Å². The maximum atomic E-state index is 12.0. The molecular formula is C17H25N3O3. The number of likely N-dealkylation sites (tertiary alicyclic amines) is 1. The lowest BCUT2D eigenvalue weighted by molar-refractivity contribution is -0.124. The number of nitrogens with zero attached hydrogens (tertiary/aromatic N) is 1. The summed E-state index contributed by atoms with van der Waals surface area (Å²) in [5, 5.41) is 3.01. The van der Waals surface area contributed by atoms with Crippen molar-refractivity contribution in [3.8, 4) is 5.75 Å². The fourth-order valence-corrected chi connectivity index (χ4v) is 2.69. The molecule has 3 N–H and O–H groups in total. The molecule has 1 heterocycles. The first-order chi connectivity index (χ1) is 11.0. The number of amides is 2. The van der Waals surface area contributed by atoms with Gasteiger partial charge in [0.15, 0.2) is 6.61 Å². The summed E-state index contributed by atoms with van der Waals surface area (Å²) in [5.41, 5.74) is 5.59. The van der Waals surface area contributed by atoms with E-state index in [1.54, 1.807) is 24.3 Å². The van der Waals surface area contributed by atoms with E-state index in [4.69, 9.17) is 10.5 Å². The van der Waals surface area contributed by atoms with Gasteiger partial charge in [-0.15, -0.1) is 0 Å². The highest BCUT2D eigenvalue weighted by molar-refractivity contribution is 5.92. The van der Waals surface area contributed by atoms with E-state index >= 15 is 0 Å². The smallest absolute Gasteiger partial charge is 0.258 e. The van der Waals surface area contributed by atoms with Crippen molar-refractivity contribution in [2.75, 3.05) is 19.7 Å². The Labute approximate surface area is 137 Å². The van der Waals surface area contributed by atoms with Crippen LogP contribution in [0.1, 0.15) is 37.0 Å². The molecule has 1 aliphatic heterocycles. The molecule has 0 unspecified atom stereocenters. The van der Waals surface area contributed by atoms with Gasteiger partial charge in [-0.1, -0.05) is 0 Å². The Hall–Kier alpha value is -2.08. The summed E-state index contributed by atoms with van der Waals surface area (Å²) in [5.74, 6) is -0.0613. The minimum absolute atomic E-state index is 0.0275. The highest BCUT2D eigenvalue weighted by atomic mass is 16.5. The molecule has 0 aromatic heterocycles. The first-order valence-corrected chi connectivity index (χ1v) is 8.02. The van der Waals surface area contributed by atoms with Gasteiger partial charge in [-0.3, -0.25) is 9.59 Å². The highest BCUT2D eigenvalue weighted by Gasteiger charge is 2.22. The van der Waals surface area contributed by atoms with Crippen LogP contribution in [0.15, 0.2) is 24.3 Å². The van der Waals surface area contributed by atoms with E-state index in [9.17, 15) is 9.59 Å². The molecule has 0 spiro atoms. The van der Waals surface area contributed by atoms with Gasteiger partial charge in [0.05, 0.1) is 0 Å². The van der Waals surface area contributed by atoms with Gasteiger partial charge in [-0.05, 0) is 51.0 Å². The van der Waals surface area contributed by atoms with Crippen molar-refractivity contribution in [1.82, 2.24) is 10.2 Å². The fourth-order valence-electron chi connectivity index (χ4n) is 2.69. The van der Waals surface area contributed by atoms with Crippen LogP contribution in [0.4, 0.5) is 0 Å². The minimum atomic E-state index is -0.484. The van der Waals surface area contributed by atoms with Crippen LogP contribution in [0, 0.1) is 0 Å². The summed E-state index contributed by atoms with van der Waals surface area (Å²) < 4.78 is 5.43. The minimum Gasteiger partial charge on any atom is -0.484 e. The molecule has 1 aromatic rings. The Balaban J connectivity index is 1.72. The van der Waals surface area contributed by atoms with E-state index in [1.165, 1.54) is 0 Å². The van der Waals surface area contributed by atoms with Crippen LogP contribution in [-0.2, 0) is 4.79 Å². The number of nitrogens with one attached hydrogen (secondary N) is 1. The zero-order valence-electron chi connectivity index (χ0n) is 13.7. The summed E-state index contributed by atoms with van der Waals surface area (Å²) in [6.07, 6.45) is 1.94. The van der Waals surface area contributed by atoms with Crippen LogP contribution in [-0.4, -0.2) is 48.5 Å². The average molecular weight is 319 g/mol. The summed E-state index contributed by atoms with van der Waals surface area (Å²) >= 11 is 0. The third-order valence-corrected chi connectivity index (χ3v) is 4.13. The largest absolute Gasteiger partial charge is 0.484 e. The lowest BCUT2D eigenvalue weighted by atomic mass is 10.0. The third kappa shape index (κ3) is 5.25. The maximum absolute atomic E-state index is 12.0. The molecule has 0 saturated carbocycles. The van der Waals surface area contributed by atoms with Crippen molar-refractivity contribution in [2.45, 2.75) is 38.8 Å². The number of piperidine rings is 1. The van der Waals surface area contributed by atoms with Crippen LogP contribution in [0.25, 0.3) is 0 Å². The predicted octanol–water partition coefficient (Wildman–Crippen LogP) is 1.15. The zero-order chi connectivity index (χ0) is 16.8. The number of hydrogen-bond acceptors (Lipinski definition) is 4. The quantitative estimate of drug-likeness (QED) is 0.824. The van der Waals surface area contributed by atoms with E-state index in [0.29, 0.717) is 17.4 Å². The Morgan fingerprint density at radius 1 is 1.26 bits per heavy atom. The summed E-state index contributed by atoms with van der Waals surface area (Å²) in [4.78, 5) is 25.3. The fraction of sp³-hybridized carbons (Fsp3) is 0.529. The lowest BCUT2D eigenvalue weighted by Crippen LogP contribution is -2.47. The Bertz CT molecular complexity index is 535. The van der Waals surface area contributed by atoms with E-state index in [0.717, 1.165) is 25.9 Å². The van der Waals surface area contributed by atoms with Crippen LogP contribution in [0.3, 0.4) is 0 Å². The van der Waals surface area contributed by atoms with E-state index in [2.05, 4.69) is 24.1 Å². The molecule has 23 heavy (non-hydrogen) atoms. The van der Waals surface area contributed by atoms with Crippen molar-refractivity contribution < 1.29 is 14.3 Å². The zero-order valence-corrected chi connectivity index (χ0v) is 13.7. The molecule has 1 saturated heterocycles. The topological polar surface area (TPSA) is 84.7 Å². The van der Waals surface area contributed by atoms with Crippen molar-refractivity contribution >= 4 is 11.8 Å². The number of benzene rings is 1. The molecule has 6 heteroatoms. The predicted molar refractivity (Wildman–Crippen MR) is 88.3 cm³/mol. The monoisotopic (exact) mass is 319 g/mol.